The average molecular weight is 269 g/mol. The van der Waals surface area contributed by atoms with Crippen molar-refractivity contribution in [1.29, 1.82) is 0 Å². The lowest BCUT2D eigenvalue weighted by atomic mass is 10.2. The van der Waals surface area contributed by atoms with Crippen molar-refractivity contribution in [3.63, 3.8) is 0 Å². The molecule has 0 atom stereocenters. The molecule has 0 radical (unpaired) electrons. The lowest BCUT2D eigenvalue weighted by Crippen LogP contribution is -2.30. The highest BCUT2D eigenvalue weighted by molar-refractivity contribution is 5.86. The monoisotopic (exact) mass is 269 g/mol. The maximum Gasteiger partial charge on any atom is 0.333 e. The van der Waals surface area contributed by atoms with E-state index in [1.54, 1.807) is 6.92 Å². The van der Waals surface area contributed by atoms with Crippen LogP contribution in [0.15, 0.2) is 12.2 Å². The summed E-state index contributed by atoms with van der Waals surface area (Å²) < 4.78 is 5.17. The van der Waals surface area contributed by atoms with Gasteiger partial charge in [-0.25, -0.2) is 4.79 Å². The minimum absolute atomic E-state index is 0.276. The highest BCUT2D eigenvalue weighted by Crippen LogP contribution is 2.03. The lowest BCUT2D eigenvalue weighted by Gasteiger charge is -2.22. The summed E-state index contributed by atoms with van der Waals surface area (Å²) in [6.45, 7) is 13.2. The normalized spacial score (nSPS) is 10.7. The van der Waals surface area contributed by atoms with Crippen LogP contribution in [0.5, 0.6) is 0 Å². The first-order valence-electron chi connectivity index (χ1n) is 7.66. The van der Waals surface area contributed by atoms with E-state index in [9.17, 15) is 4.79 Å². The third-order valence-electron chi connectivity index (χ3n) is 3.14. The molecule has 3 heteroatoms. The molecule has 0 bridgehead atoms. The predicted molar refractivity (Wildman–Crippen MR) is 81.3 cm³/mol. The van der Waals surface area contributed by atoms with Crippen LogP contribution in [-0.4, -0.2) is 37.1 Å². The van der Waals surface area contributed by atoms with Crippen molar-refractivity contribution in [2.75, 3.05) is 26.2 Å². The second-order valence-electron chi connectivity index (χ2n) is 5.17. The maximum atomic E-state index is 11.3. The van der Waals surface area contributed by atoms with E-state index in [0.29, 0.717) is 12.2 Å². The van der Waals surface area contributed by atoms with Crippen molar-refractivity contribution in [1.82, 2.24) is 4.90 Å². The Morgan fingerprint density at radius 3 is 1.95 bits per heavy atom. The molecule has 0 fully saturated rings. The first kappa shape index (κ1) is 18.2. The van der Waals surface area contributed by atoms with E-state index in [0.717, 1.165) is 19.6 Å². The van der Waals surface area contributed by atoms with Gasteiger partial charge in [0.05, 0.1) is 0 Å². The van der Waals surface area contributed by atoms with E-state index in [2.05, 4.69) is 25.3 Å². The Kier molecular flexibility index (Phi) is 11.7. The molecule has 0 aromatic carbocycles. The topological polar surface area (TPSA) is 29.5 Å². The SMILES string of the molecule is C=C(C)C(=O)OCCN(CCCCC)CCCCC. The first-order chi connectivity index (χ1) is 9.11. The van der Waals surface area contributed by atoms with Crippen molar-refractivity contribution in [3.8, 4) is 0 Å². The largest absolute Gasteiger partial charge is 0.461 e. The number of ether oxygens (including phenoxy) is 1. The smallest absolute Gasteiger partial charge is 0.333 e. The van der Waals surface area contributed by atoms with E-state index in [1.807, 2.05) is 0 Å². The fourth-order valence-corrected chi connectivity index (χ4v) is 1.90. The Labute approximate surface area is 119 Å². The molecule has 3 nitrogen and oxygen atoms in total. The van der Waals surface area contributed by atoms with E-state index in [4.69, 9.17) is 4.74 Å². The van der Waals surface area contributed by atoms with Gasteiger partial charge in [0.1, 0.15) is 6.61 Å². The molecular formula is C16H31NO2. The fourth-order valence-electron chi connectivity index (χ4n) is 1.90. The molecule has 0 rings (SSSR count). The predicted octanol–water partition coefficient (Wildman–Crippen LogP) is 3.79. The average Bonchev–Trinajstić information content (AvgIpc) is 2.38. The van der Waals surface area contributed by atoms with Crippen LogP contribution in [0.2, 0.25) is 0 Å². The molecule has 0 aromatic heterocycles. The van der Waals surface area contributed by atoms with Gasteiger partial charge >= 0.3 is 5.97 Å². The standard InChI is InChI=1S/C16H31NO2/c1-5-7-9-11-17(12-10-8-6-2)13-14-19-16(18)15(3)4/h3,5-14H2,1-2,4H3. The Hall–Kier alpha value is -0.830. The van der Waals surface area contributed by atoms with Gasteiger partial charge in [0.25, 0.3) is 0 Å². The summed E-state index contributed by atoms with van der Waals surface area (Å²) >= 11 is 0. The fraction of sp³-hybridized carbons (Fsp3) is 0.812. The molecule has 0 N–H and O–H groups in total. The number of rotatable bonds is 12. The Morgan fingerprint density at radius 1 is 1.00 bits per heavy atom. The van der Waals surface area contributed by atoms with Crippen LogP contribution in [0.4, 0.5) is 0 Å². The van der Waals surface area contributed by atoms with Crippen LogP contribution < -0.4 is 0 Å². The van der Waals surface area contributed by atoms with Crippen molar-refractivity contribution in [2.24, 2.45) is 0 Å². The molecule has 112 valence electrons. The molecule has 0 heterocycles. The van der Waals surface area contributed by atoms with Gasteiger partial charge in [-0.3, -0.25) is 4.90 Å². The summed E-state index contributed by atoms with van der Waals surface area (Å²) in [6, 6.07) is 0. The Bertz CT molecular complexity index is 241. The molecule has 0 unspecified atom stereocenters. The van der Waals surface area contributed by atoms with E-state index in [1.165, 1.54) is 38.5 Å². The molecule has 0 aliphatic carbocycles. The van der Waals surface area contributed by atoms with Gasteiger partial charge in [-0.2, -0.15) is 0 Å². The van der Waals surface area contributed by atoms with Gasteiger partial charge in [-0.05, 0) is 32.9 Å². The molecule has 0 spiro atoms. The summed E-state index contributed by atoms with van der Waals surface area (Å²) in [6.07, 6.45) is 7.50. The summed E-state index contributed by atoms with van der Waals surface area (Å²) in [4.78, 5) is 13.7. The molecule has 19 heavy (non-hydrogen) atoms. The molecule has 0 aliphatic heterocycles. The second-order valence-corrected chi connectivity index (χ2v) is 5.17. The summed E-state index contributed by atoms with van der Waals surface area (Å²) in [5.74, 6) is -0.276. The quantitative estimate of drug-likeness (QED) is 0.307. The number of carbonyl (C=O) groups is 1. The number of esters is 1. The maximum absolute atomic E-state index is 11.3. The third-order valence-corrected chi connectivity index (χ3v) is 3.14. The highest BCUT2D eigenvalue weighted by atomic mass is 16.5. The van der Waals surface area contributed by atoms with Crippen molar-refractivity contribution in [3.05, 3.63) is 12.2 Å². The Balaban J connectivity index is 3.88. The molecule has 0 amide bonds. The molecule has 0 aliphatic rings. The number of unbranched alkanes of at least 4 members (excludes halogenated alkanes) is 4. The molecule has 0 aromatic rings. The molecule has 0 saturated carbocycles. The van der Waals surface area contributed by atoms with E-state index < -0.39 is 0 Å². The van der Waals surface area contributed by atoms with Crippen LogP contribution in [0, 0.1) is 0 Å². The summed E-state index contributed by atoms with van der Waals surface area (Å²) in [5.41, 5.74) is 0.475. The van der Waals surface area contributed by atoms with Crippen LogP contribution in [0.1, 0.15) is 59.3 Å². The van der Waals surface area contributed by atoms with Crippen LogP contribution >= 0.6 is 0 Å². The van der Waals surface area contributed by atoms with Crippen LogP contribution in [0.3, 0.4) is 0 Å². The van der Waals surface area contributed by atoms with Crippen molar-refractivity contribution < 1.29 is 9.53 Å². The zero-order chi connectivity index (χ0) is 14.5. The number of carbonyl (C=O) groups excluding carboxylic acids is 1. The lowest BCUT2D eigenvalue weighted by molar-refractivity contribution is -0.139. The van der Waals surface area contributed by atoms with Crippen molar-refractivity contribution in [2.45, 2.75) is 59.3 Å². The first-order valence-corrected chi connectivity index (χ1v) is 7.66. The zero-order valence-electron chi connectivity index (χ0n) is 13.0. The summed E-state index contributed by atoms with van der Waals surface area (Å²) in [5, 5.41) is 0. The number of hydrogen-bond donors (Lipinski definition) is 0. The van der Waals surface area contributed by atoms with Crippen LogP contribution in [-0.2, 0) is 9.53 Å². The van der Waals surface area contributed by atoms with Gasteiger partial charge in [0.2, 0.25) is 0 Å². The third kappa shape index (κ3) is 10.8. The van der Waals surface area contributed by atoms with Gasteiger partial charge in [-0.15, -0.1) is 0 Å². The summed E-state index contributed by atoms with van der Waals surface area (Å²) in [7, 11) is 0. The minimum Gasteiger partial charge on any atom is -0.461 e. The zero-order valence-corrected chi connectivity index (χ0v) is 13.0. The van der Waals surface area contributed by atoms with Gasteiger partial charge in [0, 0.05) is 12.1 Å². The number of hydrogen-bond acceptors (Lipinski definition) is 3. The second kappa shape index (κ2) is 12.2. The van der Waals surface area contributed by atoms with Crippen molar-refractivity contribution >= 4 is 5.97 Å². The Morgan fingerprint density at radius 2 is 1.53 bits per heavy atom. The van der Waals surface area contributed by atoms with E-state index in [-0.39, 0.29) is 5.97 Å². The van der Waals surface area contributed by atoms with Gasteiger partial charge in [0.15, 0.2) is 0 Å². The molecule has 0 saturated heterocycles. The van der Waals surface area contributed by atoms with Gasteiger partial charge in [-0.1, -0.05) is 46.1 Å². The minimum atomic E-state index is -0.276. The number of nitrogens with zero attached hydrogens (tertiary/aromatic N) is 1. The highest BCUT2D eigenvalue weighted by Gasteiger charge is 2.07. The van der Waals surface area contributed by atoms with E-state index >= 15 is 0 Å². The van der Waals surface area contributed by atoms with Crippen LogP contribution in [0.25, 0.3) is 0 Å². The molecular weight excluding hydrogens is 238 g/mol. The van der Waals surface area contributed by atoms with Gasteiger partial charge < -0.3 is 4.74 Å².